The number of hydrogen-bond donors (Lipinski definition) is 1. The Morgan fingerprint density at radius 3 is 2.61 bits per heavy atom. The molecule has 1 unspecified atom stereocenters. The Balaban J connectivity index is 2.40. The molecule has 1 aromatic heterocycles. The molecule has 1 N–H and O–H groups in total. The Morgan fingerprint density at radius 2 is 2.00 bits per heavy atom. The summed E-state index contributed by atoms with van der Waals surface area (Å²) in [6.07, 6.45) is 2.80. The fourth-order valence-electron chi connectivity index (χ4n) is 1.78. The van der Waals surface area contributed by atoms with Gasteiger partial charge in [0.15, 0.2) is 0 Å². The number of rotatable bonds is 3. The summed E-state index contributed by atoms with van der Waals surface area (Å²) in [7, 11) is 1.88. The van der Waals surface area contributed by atoms with Crippen molar-refractivity contribution in [2.24, 2.45) is 0 Å². The first-order valence-electron chi connectivity index (χ1n) is 5.69. The van der Waals surface area contributed by atoms with E-state index in [-0.39, 0.29) is 11.9 Å². The van der Waals surface area contributed by atoms with Crippen molar-refractivity contribution in [1.29, 1.82) is 0 Å². The molecule has 94 valence electrons. The average molecular weight is 265 g/mol. The number of nitrogens with one attached hydrogen (secondary N) is 1. The number of benzene rings is 1. The van der Waals surface area contributed by atoms with Gasteiger partial charge in [0.05, 0.1) is 6.20 Å². The minimum atomic E-state index is -0.351. The van der Waals surface area contributed by atoms with Gasteiger partial charge in [0.2, 0.25) is 0 Å². The van der Waals surface area contributed by atoms with Crippen LogP contribution in [0, 0.1) is 5.82 Å². The molecule has 0 bridgehead atoms. The van der Waals surface area contributed by atoms with Crippen LogP contribution in [0.5, 0.6) is 0 Å². The smallest absolute Gasteiger partial charge is 0.142 e. The van der Waals surface area contributed by atoms with Crippen LogP contribution in [0.3, 0.4) is 0 Å². The Bertz CT molecular complexity index is 557. The molecule has 2 rings (SSSR count). The predicted molar refractivity (Wildman–Crippen MR) is 72.1 cm³/mol. The fourth-order valence-corrected chi connectivity index (χ4v) is 2.13. The zero-order valence-electron chi connectivity index (χ0n) is 10.2. The Labute approximate surface area is 111 Å². The molecule has 2 nitrogen and oxygen atoms in total. The Morgan fingerprint density at radius 1 is 1.22 bits per heavy atom. The highest BCUT2D eigenvalue weighted by Crippen LogP contribution is 2.28. The molecule has 0 amide bonds. The van der Waals surface area contributed by atoms with Gasteiger partial charge in [-0.05, 0) is 37.2 Å². The van der Waals surface area contributed by atoms with Crippen LogP contribution in [-0.2, 0) is 0 Å². The molecule has 0 saturated heterocycles. The van der Waals surface area contributed by atoms with E-state index in [0.717, 1.165) is 16.7 Å². The lowest BCUT2D eigenvalue weighted by Gasteiger charge is -2.13. The summed E-state index contributed by atoms with van der Waals surface area (Å²) < 4.78 is 13.1. The van der Waals surface area contributed by atoms with Crippen LogP contribution in [0.1, 0.15) is 18.5 Å². The van der Waals surface area contributed by atoms with Crippen molar-refractivity contribution in [3.63, 3.8) is 0 Å². The van der Waals surface area contributed by atoms with Gasteiger partial charge in [0, 0.05) is 22.8 Å². The van der Waals surface area contributed by atoms with Crippen LogP contribution >= 0.6 is 11.6 Å². The molecule has 0 radical (unpaired) electrons. The fraction of sp³-hybridized carbons (Fsp3) is 0.214. The lowest BCUT2D eigenvalue weighted by atomic mass is 10.0. The molecule has 0 saturated carbocycles. The van der Waals surface area contributed by atoms with Crippen LogP contribution in [-0.4, -0.2) is 12.0 Å². The third-order valence-corrected chi connectivity index (χ3v) is 3.27. The van der Waals surface area contributed by atoms with Crippen molar-refractivity contribution in [2.75, 3.05) is 7.05 Å². The van der Waals surface area contributed by atoms with Crippen molar-refractivity contribution in [3.8, 4) is 11.1 Å². The first kappa shape index (κ1) is 13.0. The summed E-state index contributed by atoms with van der Waals surface area (Å²) in [5.41, 5.74) is 2.60. The SMILES string of the molecule is CNC(C)c1ccc(-c2cncc(F)c2)cc1Cl. The standard InChI is InChI=1S/C14H14ClFN2/c1-9(17-2)13-4-3-10(6-14(13)15)11-5-12(16)8-18-7-11/h3-9,17H,1-2H3. The lowest BCUT2D eigenvalue weighted by molar-refractivity contribution is 0.622. The van der Waals surface area contributed by atoms with E-state index >= 15 is 0 Å². The number of pyridine rings is 1. The van der Waals surface area contributed by atoms with E-state index in [0.29, 0.717) is 5.02 Å². The number of aromatic nitrogens is 1. The summed E-state index contributed by atoms with van der Waals surface area (Å²) in [6, 6.07) is 7.33. The van der Waals surface area contributed by atoms with Crippen molar-refractivity contribution >= 4 is 11.6 Å². The molecule has 0 fully saturated rings. The van der Waals surface area contributed by atoms with Crippen LogP contribution in [0.15, 0.2) is 36.7 Å². The zero-order chi connectivity index (χ0) is 13.1. The molecule has 1 atom stereocenters. The van der Waals surface area contributed by atoms with Gasteiger partial charge in [-0.2, -0.15) is 0 Å². The van der Waals surface area contributed by atoms with E-state index in [1.54, 1.807) is 6.20 Å². The van der Waals surface area contributed by atoms with Crippen molar-refractivity contribution in [2.45, 2.75) is 13.0 Å². The molecular weight excluding hydrogens is 251 g/mol. The maximum atomic E-state index is 13.1. The number of halogens is 2. The van der Waals surface area contributed by atoms with Gasteiger partial charge < -0.3 is 5.32 Å². The number of nitrogens with zero attached hydrogens (tertiary/aromatic N) is 1. The molecule has 2 aromatic rings. The minimum Gasteiger partial charge on any atom is -0.313 e. The van der Waals surface area contributed by atoms with Gasteiger partial charge in [-0.15, -0.1) is 0 Å². The molecule has 0 aliphatic carbocycles. The molecular formula is C14H14ClFN2. The first-order valence-corrected chi connectivity index (χ1v) is 6.07. The molecule has 0 spiro atoms. The first-order chi connectivity index (χ1) is 8.61. The predicted octanol–water partition coefficient (Wildman–Crippen LogP) is 3.82. The maximum absolute atomic E-state index is 13.1. The number of hydrogen-bond acceptors (Lipinski definition) is 2. The lowest BCUT2D eigenvalue weighted by Crippen LogP contribution is -2.12. The largest absolute Gasteiger partial charge is 0.313 e. The quantitative estimate of drug-likeness (QED) is 0.912. The van der Waals surface area contributed by atoms with Crippen LogP contribution in [0.25, 0.3) is 11.1 Å². The van der Waals surface area contributed by atoms with Gasteiger partial charge in [-0.25, -0.2) is 4.39 Å². The van der Waals surface area contributed by atoms with Crippen molar-refractivity contribution < 1.29 is 4.39 Å². The highest BCUT2D eigenvalue weighted by molar-refractivity contribution is 6.31. The second kappa shape index (κ2) is 5.46. The highest BCUT2D eigenvalue weighted by atomic mass is 35.5. The van der Waals surface area contributed by atoms with E-state index in [4.69, 9.17) is 11.6 Å². The summed E-state index contributed by atoms with van der Waals surface area (Å²) in [4.78, 5) is 3.83. The summed E-state index contributed by atoms with van der Waals surface area (Å²) in [6.45, 7) is 2.03. The van der Waals surface area contributed by atoms with E-state index < -0.39 is 0 Å². The summed E-state index contributed by atoms with van der Waals surface area (Å²) in [5.74, 6) is -0.351. The summed E-state index contributed by atoms with van der Waals surface area (Å²) in [5, 5.41) is 3.80. The molecule has 0 aliphatic heterocycles. The van der Waals surface area contributed by atoms with Crippen LogP contribution in [0.4, 0.5) is 4.39 Å². The van der Waals surface area contributed by atoms with Crippen molar-refractivity contribution in [1.82, 2.24) is 10.3 Å². The van der Waals surface area contributed by atoms with E-state index in [1.807, 2.05) is 32.2 Å². The van der Waals surface area contributed by atoms with Crippen molar-refractivity contribution in [3.05, 3.63) is 53.1 Å². The monoisotopic (exact) mass is 264 g/mol. The van der Waals surface area contributed by atoms with Gasteiger partial charge in [0.1, 0.15) is 5.82 Å². The average Bonchev–Trinajstić information content (AvgIpc) is 2.37. The molecule has 4 heteroatoms. The van der Waals surface area contributed by atoms with Gasteiger partial charge >= 0.3 is 0 Å². The van der Waals surface area contributed by atoms with Gasteiger partial charge in [0.25, 0.3) is 0 Å². The summed E-state index contributed by atoms with van der Waals surface area (Å²) >= 11 is 6.24. The minimum absolute atomic E-state index is 0.178. The van der Waals surface area contributed by atoms with E-state index in [1.165, 1.54) is 12.3 Å². The normalized spacial score (nSPS) is 12.4. The van der Waals surface area contributed by atoms with E-state index in [2.05, 4.69) is 10.3 Å². The van der Waals surface area contributed by atoms with E-state index in [9.17, 15) is 4.39 Å². The molecule has 18 heavy (non-hydrogen) atoms. The topological polar surface area (TPSA) is 24.9 Å². The molecule has 1 aromatic carbocycles. The third kappa shape index (κ3) is 2.68. The second-order valence-corrected chi connectivity index (χ2v) is 4.55. The second-order valence-electron chi connectivity index (χ2n) is 4.14. The zero-order valence-corrected chi connectivity index (χ0v) is 11.0. The van der Waals surface area contributed by atoms with Crippen LogP contribution < -0.4 is 5.32 Å². The van der Waals surface area contributed by atoms with Crippen LogP contribution in [0.2, 0.25) is 5.02 Å². The maximum Gasteiger partial charge on any atom is 0.142 e. The van der Waals surface area contributed by atoms with Gasteiger partial charge in [-0.3, -0.25) is 4.98 Å². The molecule has 1 heterocycles. The highest BCUT2D eigenvalue weighted by Gasteiger charge is 2.09. The Hall–Kier alpha value is -1.45. The third-order valence-electron chi connectivity index (χ3n) is 2.94. The Kier molecular flexibility index (Phi) is 3.94. The van der Waals surface area contributed by atoms with Gasteiger partial charge in [-0.1, -0.05) is 23.7 Å². The molecule has 0 aliphatic rings.